The molecule has 0 heterocycles. The lowest BCUT2D eigenvalue weighted by Gasteiger charge is -2.24. The Hall–Kier alpha value is -2.50. The molecule has 0 saturated carbocycles. The second-order valence-corrected chi connectivity index (χ2v) is 7.04. The van der Waals surface area contributed by atoms with Gasteiger partial charge < -0.3 is 10.1 Å². The van der Waals surface area contributed by atoms with Gasteiger partial charge in [0, 0.05) is 0 Å². The number of benzene rings is 2. The van der Waals surface area contributed by atoms with Crippen molar-refractivity contribution in [2.24, 2.45) is 0 Å². The number of halogens is 3. The molecule has 140 valence electrons. The van der Waals surface area contributed by atoms with Crippen molar-refractivity contribution >= 4 is 11.6 Å². The normalized spacial score (nSPS) is 13.2. The molecule has 6 heteroatoms. The number of alkyl halides is 3. The molecule has 2 rings (SSSR count). The lowest BCUT2D eigenvalue weighted by Crippen LogP contribution is -2.31. The van der Waals surface area contributed by atoms with Gasteiger partial charge in [0.25, 0.3) is 5.91 Å². The standard InChI is InChI=1S/C20H22F3NO2/c1-13(26-17-12-8-6-10-15(17)19(2,3)4)18(25)24-16-11-7-5-9-14(16)20(21,22)23/h5-13H,1-4H3,(H,24,25). The lowest BCUT2D eigenvalue weighted by molar-refractivity contribution is -0.137. The molecule has 2 aromatic rings. The van der Waals surface area contributed by atoms with E-state index in [1.54, 1.807) is 12.1 Å². The third-order valence-corrected chi connectivity index (χ3v) is 3.86. The Morgan fingerprint density at radius 2 is 1.50 bits per heavy atom. The number of rotatable bonds is 4. The number of anilines is 1. The van der Waals surface area contributed by atoms with Crippen molar-refractivity contribution in [1.29, 1.82) is 0 Å². The van der Waals surface area contributed by atoms with Crippen molar-refractivity contribution in [1.82, 2.24) is 0 Å². The SMILES string of the molecule is CC(Oc1ccccc1C(C)(C)C)C(=O)Nc1ccccc1C(F)(F)F. The quantitative estimate of drug-likeness (QED) is 0.787. The largest absolute Gasteiger partial charge is 0.481 e. The fourth-order valence-corrected chi connectivity index (χ4v) is 2.51. The van der Waals surface area contributed by atoms with E-state index in [0.717, 1.165) is 11.6 Å². The van der Waals surface area contributed by atoms with Crippen molar-refractivity contribution in [3.63, 3.8) is 0 Å². The van der Waals surface area contributed by atoms with E-state index < -0.39 is 23.8 Å². The van der Waals surface area contributed by atoms with Gasteiger partial charge in [-0.1, -0.05) is 51.1 Å². The van der Waals surface area contributed by atoms with Crippen LogP contribution in [0.15, 0.2) is 48.5 Å². The number of carbonyl (C=O) groups excluding carboxylic acids is 1. The average Bonchev–Trinajstić information content (AvgIpc) is 2.53. The summed E-state index contributed by atoms with van der Waals surface area (Å²) in [5.41, 5.74) is -0.467. The van der Waals surface area contributed by atoms with Gasteiger partial charge >= 0.3 is 6.18 Å². The van der Waals surface area contributed by atoms with E-state index in [9.17, 15) is 18.0 Å². The first-order valence-corrected chi connectivity index (χ1v) is 8.23. The molecule has 0 saturated heterocycles. The van der Waals surface area contributed by atoms with E-state index in [2.05, 4.69) is 5.32 Å². The van der Waals surface area contributed by atoms with Gasteiger partial charge in [-0.2, -0.15) is 13.2 Å². The Kier molecular flexibility index (Phi) is 5.64. The molecule has 1 amide bonds. The van der Waals surface area contributed by atoms with E-state index >= 15 is 0 Å². The van der Waals surface area contributed by atoms with E-state index in [4.69, 9.17) is 4.74 Å². The zero-order chi connectivity index (χ0) is 19.5. The molecular formula is C20H22F3NO2. The summed E-state index contributed by atoms with van der Waals surface area (Å²) in [5, 5.41) is 2.31. The maximum absolute atomic E-state index is 13.0. The van der Waals surface area contributed by atoms with Gasteiger partial charge in [0.05, 0.1) is 11.3 Å². The second-order valence-electron chi connectivity index (χ2n) is 7.04. The summed E-state index contributed by atoms with van der Waals surface area (Å²) < 4.78 is 44.9. The fourth-order valence-electron chi connectivity index (χ4n) is 2.51. The number of hydrogen-bond acceptors (Lipinski definition) is 2. The Morgan fingerprint density at radius 1 is 0.962 bits per heavy atom. The molecule has 1 atom stereocenters. The van der Waals surface area contributed by atoms with Crippen LogP contribution in [0.4, 0.5) is 18.9 Å². The first-order chi connectivity index (χ1) is 12.0. The highest BCUT2D eigenvalue weighted by atomic mass is 19.4. The molecule has 26 heavy (non-hydrogen) atoms. The van der Waals surface area contributed by atoms with Crippen LogP contribution >= 0.6 is 0 Å². The number of para-hydroxylation sites is 2. The Morgan fingerprint density at radius 3 is 2.08 bits per heavy atom. The molecule has 3 nitrogen and oxygen atoms in total. The molecular weight excluding hydrogens is 343 g/mol. The van der Waals surface area contributed by atoms with Crippen LogP contribution in [0.25, 0.3) is 0 Å². The zero-order valence-corrected chi connectivity index (χ0v) is 15.1. The number of amides is 1. The minimum atomic E-state index is -4.55. The number of hydrogen-bond donors (Lipinski definition) is 1. The Bertz CT molecular complexity index is 779. The number of carbonyl (C=O) groups is 1. The van der Waals surface area contributed by atoms with Gasteiger partial charge in [-0.25, -0.2) is 0 Å². The fraction of sp³-hybridized carbons (Fsp3) is 0.350. The summed E-state index contributed by atoms with van der Waals surface area (Å²) >= 11 is 0. The summed E-state index contributed by atoms with van der Waals surface area (Å²) in [6.07, 6.45) is -5.51. The smallest absolute Gasteiger partial charge is 0.418 e. The molecule has 0 aliphatic heterocycles. The van der Waals surface area contributed by atoms with Gasteiger partial charge in [-0.3, -0.25) is 4.79 Å². The van der Waals surface area contributed by atoms with Crippen LogP contribution in [0.1, 0.15) is 38.8 Å². The summed E-state index contributed by atoms with van der Waals surface area (Å²) in [6.45, 7) is 7.55. The van der Waals surface area contributed by atoms with Gasteiger partial charge in [-0.15, -0.1) is 0 Å². The Balaban J connectivity index is 2.18. The maximum atomic E-state index is 13.0. The minimum absolute atomic E-state index is 0.199. The van der Waals surface area contributed by atoms with Crippen molar-refractivity contribution < 1.29 is 22.7 Å². The average molecular weight is 365 g/mol. The molecule has 1 N–H and O–H groups in total. The molecule has 0 radical (unpaired) electrons. The highest BCUT2D eigenvalue weighted by Crippen LogP contribution is 2.35. The predicted octanol–water partition coefficient (Wildman–Crippen LogP) is 5.41. The van der Waals surface area contributed by atoms with Gasteiger partial charge in [0.15, 0.2) is 6.10 Å². The highest BCUT2D eigenvalue weighted by Gasteiger charge is 2.34. The third kappa shape index (κ3) is 4.77. The van der Waals surface area contributed by atoms with Crippen LogP contribution in [-0.2, 0) is 16.4 Å². The minimum Gasteiger partial charge on any atom is -0.481 e. The Labute approximate surface area is 151 Å². The van der Waals surface area contributed by atoms with Crippen LogP contribution < -0.4 is 10.1 Å². The lowest BCUT2D eigenvalue weighted by atomic mass is 9.86. The van der Waals surface area contributed by atoms with Crippen LogP contribution in [0, 0.1) is 0 Å². The van der Waals surface area contributed by atoms with E-state index in [1.807, 2.05) is 32.9 Å². The molecule has 0 spiro atoms. The molecule has 0 aromatic heterocycles. The first kappa shape index (κ1) is 19.8. The van der Waals surface area contributed by atoms with Crippen LogP contribution in [0.3, 0.4) is 0 Å². The van der Waals surface area contributed by atoms with Gasteiger partial charge in [0.2, 0.25) is 0 Å². The number of nitrogens with one attached hydrogen (secondary N) is 1. The van der Waals surface area contributed by atoms with E-state index in [0.29, 0.717) is 5.75 Å². The van der Waals surface area contributed by atoms with Gasteiger partial charge in [-0.05, 0) is 36.1 Å². The number of ether oxygens (including phenoxy) is 1. The zero-order valence-electron chi connectivity index (χ0n) is 15.1. The summed E-state index contributed by atoms with van der Waals surface area (Å²) in [5.74, 6) is -0.114. The van der Waals surface area contributed by atoms with Crippen LogP contribution in [-0.4, -0.2) is 12.0 Å². The van der Waals surface area contributed by atoms with E-state index in [1.165, 1.54) is 25.1 Å². The molecule has 0 aliphatic carbocycles. The maximum Gasteiger partial charge on any atom is 0.418 e. The molecule has 0 bridgehead atoms. The monoisotopic (exact) mass is 365 g/mol. The summed E-state index contributed by atoms with van der Waals surface area (Å²) in [7, 11) is 0. The first-order valence-electron chi connectivity index (χ1n) is 8.23. The summed E-state index contributed by atoms with van der Waals surface area (Å²) in [4.78, 5) is 12.4. The molecule has 2 aromatic carbocycles. The van der Waals surface area contributed by atoms with Crippen molar-refractivity contribution in [2.45, 2.75) is 45.4 Å². The van der Waals surface area contributed by atoms with Crippen molar-refractivity contribution in [2.75, 3.05) is 5.32 Å². The third-order valence-electron chi connectivity index (χ3n) is 3.86. The van der Waals surface area contributed by atoms with Gasteiger partial charge in [0.1, 0.15) is 5.75 Å². The van der Waals surface area contributed by atoms with Crippen molar-refractivity contribution in [3.8, 4) is 5.75 Å². The second kappa shape index (κ2) is 7.40. The topological polar surface area (TPSA) is 38.3 Å². The van der Waals surface area contributed by atoms with Crippen LogP contribution in [0.5, 0.6) is 5.75 Å². The highest BCUT2D eigenvalue weighted by molar-refractivity contribution is 5.94. The molecule has 0 fully saturated rings. The molecule has 0 aliphatic rings. The molecule has 1 unspecified atom stereocenters. The summed E-state index contributed by atoms with van der Waals surface area (Å²) in [6, 6.07) is 12.2. The van der Waals surface area contributed by atoms with Crippen LogP contribution in [0.2, 0.25) is 0 Å². The predicted molar refractivity (Wildman–Crippen MR) is 95.3 cm³/mol. The van der Waals surface area contributed by atoms with E-state index in [-0.39, 0.29) is 11.1 Å². The van der Waals surface area contributed by atoms with Crippen molar-refractivity contribution in [3.05, 3.63) is 59.7 Å².